The second-order valence-corrected chi connectivity index (χ2v) is 5.74. The van der Waals surface area contributed by atoms with E-state index in [0.29, 0.717) is 6.04 Å². The summed E-state index contributed by atoms with van der Waals surface area (Å²) in [6, 6.07) is 2.34. The first-order valence-corrected chi connectivity index (χ1v) is 6.84. The van der Waals surface area contributed by atoms with E-state index in [4.69, 9.17) is 0 Å². The minimum absolute atomic E-state index is 0.709. The van der Waals surface area contributed by atoms with Crippen molar-refractivity contribution in [3.8, 4) is 0 Å². The molecule has 3 heteroatoms. The quantitative estimate of drug-likeness (QED) is 0.732. The van der Waals surface area contributed by atoms with Crippen LogP contribution >= 0.6 is 0 Å². The van der Waals surface area contributed by atoms with Gasteiger partial charge in [0.25, 0.3) is 0 Å². The van der Waals surface area contributed by atoms with E-state index < -0.39 is 0 Å². The Morgan fingerprint density at radius 1 is 1.31 bits per heavy atom. The molecule has 1 aliphatic heterocycles. The fourth-order valence-corrected chi connectivity index (χ4v) is 2.57. The summed E-state index contributed by atoms with van der Waals surface area (Å²) in [6.45, 7) is 9.47. The Labute approximate surface area is 100 Å². The molecule has 1 unspecified atom stereocenters. The van der Waals surface area contributed by atoms with Gasteiger partial charge in [0.2, 0.25) is 0 Å². The maximum absolute atomic E-state index is 3.70. The molecule has 0 aromatic rings. The third-order valence-corrected chi connectivity index (χ3v) is 4.02. The van der Waals surface area contributed by atoms with Gasteiger partial charge in [0, 0.05) is 37.8 Å². The van der Waals surface area contributed by atoms with Gasteiger partial charge in [-0.25, -0.2) is 0 Å². The van der Waals surface area contributed by atoms with Gasteiger partial charge in [-0.05, 0) is 46.7 Å². The third kappa shape index (κ3) is 3.44. The molecule has 2 fully saturated rings. The van der Waals surface area contributed by atoms with Gasteiger partial charge < -0.3 is 10.2 Å². The molecular weight excluding hydrogens is 198 g/mol. The van der Waals surface area contributed by atoms with Crippen LogP contribution in [0.5, 0.6) is 0 Å². The normalized spacial score (nSPS) is 27.2. The van der Waals surface area contributed by atoms with Crippen LogP contribution in [0.25, 0.3) is 0 Å². The molecule has 1 N–H and O–H groups in total. The maximum Gasteiger partial charge on any atom is 0.0207 e. The average Bonchev–Trinajstić information content (AvgIpc) is 2.98. The Hall–Kier alpha value is -0.120. The molecule has 0 aromatic carbocycles. The number of hydrogen-bond donors (Lipinski definition) is 1. The lowest BCUT2D eigenvalue weighted by Gasteiger charge is -2.21. The molecule has 0 radical (unpaired) electrons. The molecule has 0 amide bonds. The van der Waals surface area contributed by atoms with E-state index in [1.54, 1.807) is 0 Å². The van der Waals surface area contributed by atoms with Crippen molar-refractivity contribution in [3.05, 3.63) is 0 Å². The van der Waals surface area contributed by atoms with Crippen molar-refractivity contribution in [2.45, 2.75) is 51.2 Å². The zero-order valence-corrected chi connectivity index (χ0v) is 11.1. The number of nitrogens with one attached hydrogen (secondary N) is 1. The maximum atomic E-state index is 3.70. The highest BCUT2D eigenvalue weighted by Gasteiger charge is 2.26. The van der Waals surface area contributed by atoms with Crippen molar-refractivity contribution in [2.75, 3.05) is 33.2 Å². The first-order valence-electron chi connectivity index (χ1n) is 6.84. The first kappa shape index (κ1) is 12.3. The van der Waals surface area contributed by atoms with E-state index in [1.807, 2.05) is 0 Å². The molecule has 0 aromatic heterocycles. The van der Waals surface area contributed by atoms with E-state index in [0.717, 1.165) is 18.6 Å². The highest BCUT2D eigenvalue weighted by molar-refractivity contribution is 4.85. The lowest BCUT2D eigenvalue weighted by Crippen LogP contribution is -2.39. The summed E-state index contributed by atoms with van der Waals surface area (Å²) in [5.74, 6) is 0. The van der Waals surface area contributed by atoms with Crippen molar-refractivity contribution < 1.29 is 0 Å². The summed E-state index contributed by atoms with van der Waals surface area (Å²) in [5.41, 5.74) is 0. The number of hydrogen-bond acceptors (Lipinski definition) is 3. The highest BCUT2D eigenvalue weighted by Crippen LogP contribution is 2.24. The van der Waals surface area contributed by atoms with E-state index in [2.05, 4.69) is 36.0 Å². The molecule has 1 aliphatic carbocycles. The Kier molecular flexibility index (Phi) is 4.22. The van der Waals surface area contributed by atoms with Crippen molar-refractivity contribution in [1.29, 1.82) is 0 Å². The molecule has 3 nitrogen and oxygen atoms in total. The summed E-state index contributed by atoms with van der Waals surface area (Å²) < 4.78 is 0. The second kappa shape index (κ2) is 5.48. The van der Waals surface area contributed by atoms with Crippen molar-refractivity contribution in [1.82, 2.24) is 15.1 Å². The van der Waals surface area contributed by atoms with Crippen LogP contribution in [0.15, 0.2) is 0 Å². The molecular formula is C13H27N3. The van der Waals surface area contributed by atoms with Crippen LogP contribution in [0.3, 0.4) is 0 Å². The monoisotopic (exact) mass is 225 g/mol. The zero-order valence-electron chi connectivity index (χ0n) is 11.1. The van der Waals surface area contributed by atoms with E-state index >= 15 is 0 Å². The fraction of sp³-hybridized carbons (Fsp3) is 1.00. The predicted molar refractivity (Wildman–Crippen MR) is 68.8 cm³/mol. The summed E-state index contributed by atoms with van der Waals surface area (Å²) in [6.07, 6.45) is 4.16. The van der Waals surface area contributed by atoms with Crippen molar-refractivity contribution >= 4 is 0 Å². The van der Waals surface area contributed by atoms with Gasteiger partial charge >= 0.3 is 0 Å². The minimum Gasteiger partial charge on any atom is -0.311 e. The number of likely N-dealkylation sites (N-methyl/N-ethyl adjacent to an activating group) is 1. The third-order valence-electron chi connectivity index (χ3n) is 4.02. The highest BCUT2D eigenvalue weighted by atomic mass is 15.2. The topological polar surface area (TPSA) is 18.5 Å². The molecule has 1 heterocycles. The Morgan fingerprint density at radius 3 is 2.62 bits per heavy atom. The van der Waals surface area contributed by atoms with Crippen molar-refractivity contribution in [3.63, 3.8) is 0 Å². The molecule has 0 bridgehead atoms. The summed E-state index contributed by atoms with van der Waals surface area (Å²) in [7, 11) is 2.26. The zero-order chi connectivity index (χ0) is 11.5. The number of likely N-dealkylation sites (tertiary alicyclic amines) is 1. The van der Waals surface area contributed by atoms with Crippen molar-refractivity contribution in [2.24, 2.45) is 0 Å². The van der Waals surface area contributed by atoms with E-state index in [9.17, 15) is 0 Å². The van der Waals surface area contributed by atoms with Gasteiger partial charge in [0.05, 0.1) is 0 Å². The average molecular weight is 225 g/mol. The Bertz CT molecular complexity index is 213. The van der Waals surface area contributed by atoms with Gasteiger partial charge in [-0.3, -0.25) is 4.90 Å². The SMILES string of the molecule is CC(C)N1CCC(NCCN(C)C2CC2)C1. The van der Waals surface area contributed by atoms with Gasteiger partial charge in [-0.1, -0.05) is 0 Å². The van der Waals surface area contributed by atoms with Gasteiger partial charge in [-0.15, -0.1) is 0 Å². The molecule has 1 saturated heterocycles. The molecule has 1 saturated carbocycles. The summed E-state index contributed by atoms with van der Waals surface area (Å²) in [4.78, 5) is 5.07. The van der Waals surface area contributed by atoms with Crippen LogP contribution in [-0.2, 0) is 0 Å². The molecule has 0 spiro atoms. The molecule has 2 rings (SSSR count). The number of rotatable bonds is 6. The predicted octanol–water partition coefficient (Wildman–Crippen LogP) is 1.15. The van der Waals surface area contributed by atoms with Gasteiger partial charge in [-0.2, -0.15) is 0 Å². The lowest BCUT2D eigenvalue weighted by atomic mass is 10.2. The Balaban J connectivity index is 1.56. The summed E-state index contributed by atoms with van der Waals surface area (Å²) >= 11 is 0. The first-order chi connectivity index (χ1) is 7.66. The molecule has 2 aliphatic rings. The van der Waals surface area contributed by atoms with Gasteiger partial charge in [0.1, 0.15) is 0 Å². The van der Waals surface area contributed by atoms with Crippen LogP contribution < -0.4 is 5.32 Å². The molecule has 16 heavy (non-hydrogen) atoms. The van der Waals surface area contributed by atoms with E-state index in [-0.39, 0.29) is 0 Å². The summed E-state index contributed by atoms with van der Waals surface area (Å²) in [5, 5.41) is 3.70. The number of nitrogens with zero attached hydrogens (tertiary/aromatic N) is 2. The molecule has 94 valence electrons. The lowest BCUT2D eigenvalue weighted by molar-refractivity contribution is 0.265. The smallest absolute Gasteiger partial charge is 0.0207 e. The van der Waals surface area contributed by atoms with Crippen LogP contribution in [0, 0.1) is 0 Å². The van der Waals surface area contributed by atoms with Crippen LogP contribution in [0.2, 0.25) is 0 Å². The largest absolute Gasteiger partial charge is 0.311 e. The van der Waals surface area contributed by atoms with Crippen LogP contribution in [0.4, 0.5) is 0 Å². The minimum atomic E-state index is 0.709. The van der Waals surface area contributed by atoms with Gasteiger partial charge in [0.15, 0.2) is 0 Å². The molecule has 1 atom stereocenters. The standard InChI is InChI=1S/C13H27N3/c1-11(2)16-8-6-12(10-16)14-7-9-15(3)13-4-5-13/h11-14H,4-10H2,1-3H3. The Morgan fingerprint density at radius 2 is 2.06 bits per heavy atom. The second-order valence-electron chi connectivity index (χ2n) is 5.74. The fourth-order valence-electron chi connectivity index (χ4n) is 2.57. The van der Waals surface area contributed by atoms with Crippen LogP contribution in [0.1, 0.15) is 33.1 Å². The van der Waals surface area contributed by atoms with E-state index in [1.165, 1.54) is 38.9 Å². The van der Waals surface area contributed by atoms with Crippen LogP contribution in [-0.4, -0.2) is 61.2 Å².